The third-order valence-electron chi connectivity index (χ3n) is 3.22. The first-order chi connectivity index (χ1) is 8.83. The Hall–Kier alpha value is -1.97. The summed E-state index contributed by atoms with van der Waals surface area (Å²) in [6, 6.07) is 7.49. The van der Waals surface area contributed by atoms with E-state index in [9.17, 15) is 0 Å². The van der Waals surface area contributed by atoms with Crippen molar-refractivity contribution in [2.24, 2.45) is 0 Å². The highest BCUT2D eigenvalue weighted by Gasteiger charge is 2.26. The largest absolute Gasteiger partial charge is 0.492 e. The first-order valence-electron chi connectivity index (χ1n) is 6.31. The number of nitrogens with two attached hydrogens (primary N) is 1. The van der Waals surface area contributed by atoms with Gasteiger partial charge in [0.05, 0.1) is 12.9 Å². The average Bonchev–Trinajstić information content (AvgIpc) is 3.12. The minimum Gasteiger partial charge on any atom is -0.492 e. The maximum absolute atomic E-state index is 5.69. The second-order valence-electron chi connectivity index (χ2n) is 4.70. The van der Waals surface area contributed by atoms with Gasteiger partial charge in [-0.15, -0.1) is 0 Å². The van der Waals surface area contributed by atoms with Crippen LogP contribution in [-0.2, 0) is 6.54 Å². The molecule has 1 aliphatic carbocycles. The monoisotopic (exact) mass is 243 g/mol. The molecule has 0 unspecified atom stereocenters. The van der Waals surface area contributed by atoms with Crippen molar-refractivity contribution in [3.63, 3.8) is 0 Å². The molecule has 0 bridgehead atoms. The maximum Gasteiger partial charge on any atom is 0.119 e. The quantitative estimate of drug-likeness (QED) is 0.820. The fraction of sp³-hybridized carbons (Fsp3) is 0.357. The summed E-state index contributed by atoms with van der Waals surface area (Å²) in [5, 5.41) is 0. The molecule has 4 heteroatoms. The number of rotatable bonds is 5. The smallest absolute Gasteiger partial charge is 0.119 e. The molecule has 1 heterocycles. The molecule has 1 fully saturated rings. The van der Waals surface area contributed by atoms with E-state index >= 15 is 0 Å². The number of hydrogen-bond donors (Lipinski definition) is 1. The van der Waals surface area contributed by atoms with Crippen LogP contribution in [0.1, 0.15) is 24.5 Å². The Balaban J connectivity index is 1.55. The summed E-state index contributed by atoms with van der Waals surface area (Å²) in [6.07, 6.45) is 6.45. The Kier molecular flexibility index (Phi) is 2.92. The molecule has 1 aromatic carbocycles. The van der Waals surface area contributed by atoms with E-state index in [1.165, 1.54) is 18.5 Å². The molecule has 0 radical (unpaired) electrons. The van der Waals surface area contributed by atoms with Crippen molar-refractivity contribution in [2.75, 3.05) is 12.3 Å². The number of hydrogen-bond acceptors (Lipinski definition) is 3. The summed E-state index contributed by atoms with van der Waals surface area (Å²) < 4.78 is 7.87. The van der Waals surface area contributed by atoms with E-state index in [-0.39, 0.29) is 0 Å². The standard InChI is InChI=1S/C14H17N3O/c15-12-3-5-13(6-4-12)18-8-7-17-10-16-9-14(17)11-1-2-11/h3-6,9-11H,1-2,7-8,15H2. The topological polar surface area (TPSA) is 53.1 Å². The molecular weight excluding hydrogens is 226 g/mol. The lowest BCUT2D eigenvalue weighted by molar-refractivity contribution is 0.296. The zero-order valence-electron chi connectivity index (χ0n) is 10.2. The minimum absolute atomic E-state index is 0.653. The molecule has 4 nitrogen and oxygen atoms in total. The van der Waals surface area contributed by atoms with Gasteiger partial charge in [-0.05, 0) is 37.1 Å². The first-order valence-corrected chi connectivity index (χ1v) is 6.31. The van der Waals surface area contributed by atoms with Crippen molar-refractivity contribution in [3.05, 3.63) is 42.5 Å². The summed E-state index contributed by atoms with van der Waals surface area (Å²) in [7, 11) is 0. The maximum atomic E-state index is 5.69. The van der Waals surface area contributed by atoms with Crippen molar-refractivity contribution in [1.82, 2.24) is 9.55 Å². The lowest BCUT2D eigenvalue weighted by Crippen LogP contribution is -2.09. The molecule has 3 rings (SSSR count). The van der Waals surface area contributed by atoms with Crippen LogP contribution >= 0.6 is 0 Å². The van der Waals surface area contributed by atoms with Crippen LogP contribution < -0.4 is 10.5 Å². The van der Waals surface area contributed by atoms with Crippen LogP contribution in [0.3, 0.4) is 0 Å². The molecule has 0 atom stereocenters. The number of anilines is 1. The van der Waals surface area contributed by atoms with E-state index in [2.05, 4.69) is 9.55 Å². The zero-order valence-corrected chi connectivity index (χ0v) is 10.2. The molecule has 0 spiro atoms. The lowest BCUT2D eigenvalue weighted by Gasteiger charge is -2.09. The molecule has 2 aromatic rings. The van der Waals surface area contributed by atoms with Crippen molar-refractivity contribution in [2.45, 2.75) is 25.3 Å². The Morgan fingerprint density at radius 2 is 2.06 bits per heavy atom. The zero-order chi connectivity index (χ0) is 12.4. The van der Waals surface area contributed by atoms with Gasteiger partial charge in [-0.2, -0.15) is 0 Å². The third kappa shape index (κ3) is 2.47. The van der Waals surface area contributed by atoms with Crippen LogP contribution in [0.25, 0.3) is 0 Å². The van der Waals surface area contributed by atoms with Gasteiger partial charge in [0.15, 0.2) is 0 Å². The van der Waals surface area contributed by atoms with Crippen LogP contribution in [0.15, 0.2) is 36.8 Å². The van der Waals surface area contributed by atoms with Crippen LogP contribution in [0, 0.1) is 0 Å². The van der Waals surface area contributed by atoms with Crippen molar-refractivity contribution < 1.29 is 4.74 Å². The second kappa shape index (κ2) is 4.72. The van der Waals surface area contributed by atoms with E-state index in [1.54, 1.807) is 0 Å². The SMILES string of the molecule is Nc1ccc(OCCn2cncc2C2CC2)cc1. The second-order valence-corrected chi connectivity index (χ2v) is 4.70. The van der Waals surface area contributed by atoms with E-state index in [4.69, 9.17) is 10.5 Å². The Morgan fingerprint density at radius 3 is 2.78 bits per heavy atom. The molecule has 0 saturated heterocycles. The average molecular weight is 243 g/mol. The van der Waals surface area contributed by atoms with Crippen LogP contribution in [0.5, 0.6) is 5.75 Å². The molecule has 0 aliphatic heterocycles. The normalized spacial score (nSPS) is 14.7. The van der Waals surface area contributed by atoms with Gasteiger partial charge in [0.1, 0.15) is 12.4 Å². The first kappa shape index (κ1) is 11.1. The van der Waals surface area contributed by atoms with Crippen LogP contribution in [0.4, 0.5) is 5.69 Å². The number of imidazole rings is 1. The minimum atomic E-state index is 0.653. The highest BCUT2D eigenvalue weighted by atomic mass is 16.5. The lowest BCUT2D eigenvalue weighted by atomic mass is 10.3. The van der Waals surface area contributed by atoms with Crippen molar-refractivity contribution in [3.8, 4) is 5.75 Å². The van der Waals surface area contributed by atoms with E-state index < -0.39 is 0 Å². The van der Waals surface area contributed by atoms with Crippen LogP contribution in [0.2, 0.25) is 0 Å². The predicted molar refractivity (Wildman–Crippen MR) is 70.6 cm³/mol. The number of benzene rings is 1. The van der Waals surface area contributed by atoms with Gasteiger partial charge in [0.2, 0.25) is 0 Å². The number of ether oxygens (including phenoxy) is 1. The van der Waals surface area contributed by atoms with Gasteiger partial charge in [-0.3, -0.25) is 0 Å². The summed E-state index contributed by atoms with van der Waals surface area (Å²) in [5.74, 6) is 1.58. The summed E-state index contributed by atoms with van der Waals surface area (Å²) in [4.78, 5) is 4.21. The van der Waals surface area contributed by atoms with Gasteiger partial charge in [0.25, 0.3) is 0 Å². The van der Waals surface area contributed by atoms with Gasteiger partial charge < -0.3 is 15.0 Å². The van der Waals surface area contributed by atoms with Gasteiger partial charge in [0, 0.05) is 23.5 Å². The van der Waals surface area contributed by atoms with Crippen LogP contribution in [-0.4, -0.2) is 16.2 Å². The molecule has 2 N–H and O–H groups in total. The highest BCUT2D eigenvalue weighted by molar-refractivity contribution is 5.41. The fourth-order valence-electron chi connectivity index (χ4n) is 2.06. The van der Waals surface area contributed by atoms with Gasteiger partial charge in [-0.25, -0.2) is 4.98 Å². The van der Waals surface area contributed by atoms with Crippen molar-refractivity contribution in [1.29, 1.82) is 0 Å². The molecule has 1 aliphatic rings. The summed E-state index contributed by atoms with van der Waals surface area (Å²) in [6.45, 7) is 1.50. The van der Waals surface area contributed by atoms with E-state index in [0.717, 1.165) is 23.9 Å². The molecular formula is C14H17N3O. The van der Waals surface area contributed by atoms with Gasteiger partial charge in [-0.1, -0.05) is 0 Å². The third-order valence-corrected chi connectivity index (χ3v) is 3.22. The Morgan fingerprint density at radius 1 is 1.28 bits per heavy atom. The fourth-order valence-corrected chi connectivity index (χ4v) is 2.06. The predicted octanol–water partition coefficient (Wildman–Crippen LogP) is 2.42. The molecule has 0 amide bonds. The summed E-state index contributed by atoms with van der Waals surface area (Å²) in [5.41, 5.74) is 7.73. The van der Waals surface area contributed by atoms with E-state index in [1.807, 2.05) is 36.8 Å². The Labute approximate surface area is 106 Å². The Bertz CT molecular complexity index is 514. The highest BCUT2D eigenvalue weighted by Crippen LogP contribution is 2.39. The number of nitrogens with zero attached hydrogens (tertiary/aromatic N) is 2. The molecule has 18 heavy (non-hydrogen) atoms. The van der Waals surface area contributed by atoms with Crippen molar-refractivity contribution >= 4 is 5.69 Å². The van der Waals surface area contributed by atoms with Gasteiger partial charge >= 0.3 is 0 Å². The molecule has 94 valence electrons. The number of aromatic nitrogens is 2. The summed E-state index contributed by atoms with van der Waals surface area (Å²) >= 11 is 0. The molecule has 1 saturated carbocycles. The molecule has 1 aromatic heterocycles. The van der Waals surface area contributed by atoms with E-state index in [0.29, 0.717) is 6.61 Å². The number of nitrogen functional groups attached to an aromatic ring is 1.